The molecule has 0 bridgehead atoms. The number of hydrogen-bond acceptors (Lipinski definition) is 5. The summed E-state index contributed by atoms with van der Waals surface area (Å²) in [5, 5.41) is 10.2. The van der Waals surface area contributed by atoms with Gasteiger partial charge in [0.1, 0.15) is 12.1 Å². The molecule has 1 saturated carbocycles. The Labute approximate surface area is 131 Å². The SMILES string of the molecule is CN(C)c1ncnc2c1CCN(C(=O)CC1(O)CCC1)CC2. The van der Waals surface area contributed by atoms with E-state index in [1.807, 2.05) is 23.9 Å². The van der Waals surface area contributed by atoms with E-state index in [0.29, 0.717) is 13.1 Å². The zero-order valence-corrected chi connectivity index (χ0v) is 13.4. The first kappa shape index (κ1) is 15.2. The average Bonchev–Trinajstić information content (AvgIpc) is 2.67. The van der Waals surface area contributed by atoms with Crippen molar-refractivity contribution in [3.05, 3.63) is 17.6 Å². The van der Waals surface area contributed by atoms with E-state index < -0.39 is 5.60 Å². The smallest absolute Gasteiger partial charge is 0.225 e. The summed E-state index contributed by atoms with van der Waals surface area (Å²) in [6.45, 7) is 1.35. The second kappa shape index (κ2) is 5.83. The Balaban J connectivity index is 1.70. The second-order valence-electron chi connectivity index (χ2n) is 6.65. The van der Waals surface area contributed by atoms with Gasteiger partial charge in [0.15, 0.2) is 0 Å². The van der Waals surface area contributed by atoms with Crippen molar-refractivity contribution in [3.63, 3.8) is 0 Å². The van der Waals surface area contributed by atoms with E-state index >= 15 is 0 Å². The predicted molar refractivity (Wildman–Crippen MR) is 83.8 cm³/mol. The van der Waals surface area contributed by atoms with Crippen LogP contribution in [-0.2, 0) is 17.6 Å². The molecule has 1 aromatic rings. The number of aliphatic hydroxyl groups is 1. The molecule has 1 aromatic heterocycles. The highest BCUT2D eigenvalue weighted by atomic mass is 16.3. The monoisotopic (exact) mass is 304 g/mol. The van der Waals surface area contributed by atoms with Gasteiger partial charge >= 0.3 is 0 Å². The molecule has 6 heteroatoms. The van der Waals surface area contributed by atoms with Crippen molar-refractivity contribution in [2.24, 2.45) is 0 Å². The molecule has 1 aliphatic carbocycles. The third kappa shape index (κ3) is 2.92. The third-order valence-electron chi connectivity index (χ3n) is 4.80. The van der Waals surface area contributed by atoms with Crippen molar-refractivity contribution >= 4 is 11.7 Å². The Bertz CT molecular complexity index is 569. The number of anilines is 1. The van der Waals surface area contributed by atoms with Crippen LogP contribution in [0, 0.1) is 0 Å². The number of rotatable bonds is 3. The highest BCUT2D eigenvalue weighted by molar-refractivity contribution is 5.77. The van der Waals surface area contributed by atoms with Crippen LogP contribution in [0.3, 0.4) is 0 Å². The van der Waals surface area contributed by atoms with E-state index in [4.69, 9.17) is 0 Å². The zero-order valence-electron chi connectivity index (χ0n) is 13.4. The lowest BCUT2D eigenvalue weighted by Crippen LogP contribution is -2.44. The molecule has 0 spiro atoms. The van der Waals surface area contributed by atoms with Crippen LogP contribution in [0.4, 0.5) is 5.82 Å². The van der Waals surface area contributed by atoms with E-state index in [9.17, 15) is 9.90 Å². The summed E-state index contributed by atoms with van der Waals surface area (Å²) >= 11 is 0. The van der Waals surface area contributed by atoms with E-state index in [-0.39, 0.29) is 12.3 Å². The quantitative estimate of drug-likeness (QED) is 0.893. The summed E-state index contributed by atoms with van der Waals surface area (Å²) < 4.78 is 0. The van der Waals surface area contributed by atoms with Gasteiger partial charge in [-0.2, -0.15) is 0 Å². The first-order valence-corrected chi connectivity index (χ1v) is 7.99. The highest BCUT2D eigenvalue weighted by Crippen LogP contribution is 2.35. The summed E-state index contributed by atoms with van der Waals surface area (Å²) in [7, 11) is 3.95. The minimum Gasteiger partial charge on any atom is -0.389 e. The third-order valence-corrected chi connectivity index (χ3v) is 4.80. The fourth-order valence-electron chi connectivity index (χ4n) is 3.30. The first-order valence-electron chi connectivity index (χ1n) is 7.99. The van der Waals surface area contributed by atoms with Crippen LogP contribution in [0.1, 0.15) is 36.9 Å². The summed E-state index contributed by atoms with van der Waals surface area (Å²) in [5.74, 6) is 1.01. The lowest BCUT2D eigenvalue weighted by atomic mass is 9.77. The molecule has 1 fully saturated rings. The van der Waals surface area contributed by atoms with E-state index in [0.717, 1.165) is 49.2 Å². The molecule has 0 aromatic carbocycles. The molecule has 0 atom stereocenters. The zero-order chi connectivity index (χ0) is 15.7. The van der Waals surface area contributed by atoms with Crippen molar-refractivity contribution in [2.45, 2.75) is 44.1 Å². The normalized spacial score (nSPS) is 19.9. The van der Waals surface area contributed by atoms with Gasteiger partial charge in [0, 0.05) is 39.2 Å². The number of fused-ring (bicyclic) bond motifs is 1. The first-order chi connectivity index (χ1) is 10.5. The molecule has 1 aliphatic heterocycles. The van der Waals surface area contributed by atoms with Gasteiger partial charge in [-0.3, -0.25) is 4.79 Å². The molecule has 2 heterocycles. The molecule has 2 aliphatic rings. The van der Waals surface area contributed by atoms with Gasteiger partial charge in [-0.25, -0.2) is 9.97 Å². The molecular formula is C16H24N4O2. The topological polar surface area (TPSA) is 69.6 Å². The van der Waals surface area contributed by atoms with Gasteiger partial charge < -0.3 is 14.9 Å². The van der Waals surface area contributed by atoms with Crippen LogP contribution in [0.2, 0.25) is 0 Å². The van der Waals surface area contributed by atoms with Gasteiger partial charge in [0.25, 0.3) is 0 Å². The number of carbonyl (C=O) groups excluding carboxylic acids is 1. The Kier molecular flexibility index (Phi) is 4.04. The number of nitrogens with zero attached hydrogens (tertiary/aromatic N) is 4. The van der Waals surface area contributed by atoms with E-state index in [1.54, 1.807) is 6.33 Å². The van der Waals surface area contributed by atoms with Gasteiger partial charge in [0.2, 0.25) is 5.91 Å². The van der Waals surface area contributed by atoms with Crippen LogP contribution < -0.4 is 4.90 Å². The molecule has 0 saturated heterocycles. The molecule has 0 unspecified atom stereocenters. The number of aromatic nitrogens is 2. The summed E-state index contributed by atoms with van der Waals surface area (Å²) in [6, 6.07) is 0. The van der Waals surface area contributed by atoms with Gasteiger partial charge in [-0.15, -0.1) is 0 Å². The van der Waals surface area contributed by atoms with Crippen molar-refractivity contribution in [2.75, 3.05) is 32.1 Å². The number of hydrogen-bond donors (Lipinski definition) is 1. The van der Waals surface area contributed by atoms with E-state index in [2.05, 4.69) is 9.97 Å². The molecule has 6 nitrogen and oxygen atoms in total. The number of carbonyl (C=O) groups is 1. The Morgan fingerprint density at radius 2 is 2.05 bits per heavy atom. The molecule has 1 amide bonds. The maximum Gasteiger partial charge on any atom is 0.225 e. The van der Waals surface area contributed by atoms with Crippen LogP contribution in [0.25, 0.3) is 0 Å². The maximum absolute atomic E-state index is 12.4. The van der Waals surface area contributed by atoms with Crippen molar-refractivity contribution in [3.8, 4) is 0 Å². The predicted octanol–water partition coefficient (Wildman–Crippen LogP) is 0.775. The highest BCUT2D eigenvalue weighted by Gasteiger charge is 2.38. The number of amides is 1. The van der Waals surface area contributed by atoms with Crippen LogP contribution in [0.15, 0.2) is 6.33 Å². The lowest BCUT2D eigenvalue weighted by Gasteiger charge is -2.37. The minimum absolute atomic E-state index is 0.0642. The molecule has 0 radical (unpaired) electrons. The van der Waals surface area contributed by atoms with Gasteiger partial charge in [-0.1, -0.05) is 0 Å². The largest absolute Gasteiger partial charge is 0.389 e. The van der Waals surface area contributed by atoms with Gasteiger partial charge in [-0.05, 0) is 25.7 Å². The molecule has 3 rings (SSSR count). The lowest BCUT2D eigenvalue weighted by molar-refractivity contribution is -0.140. The minimum atomic E-state index is -0.745. The fourth-order valence-corrected chi connectivity index (χ4v) is 3.30. The Morgan fingerprint density at radius 1 is 1.32 bits per heavy atom. The summed E-state index contributed by atoms with van der Waals surface area (Å²) in [6.07, 6.45) is 5.91. The van der Waals surface area contributed by atoms with Crippen LogP contribution in [-0.4, -0.2) is 58.7 Å². The fraction of sp³-hybridized carbons (Fsp3) is 0.688. The van der Waals surface area contributed by atoms with Crippen LogP contribution in [0.5, 0.6) is 0 Å². The van der Waals surface area contributed by atoms with Crippen LogP contribution >= 0.6 is 0 Å². The average molecular weight is 304 g/mol. The summed E-state index contributed by atoms with van der Waals surface area (Å²) in [4.78, 5) is 25.1. The van der Waals surface area contributed by atoms with Crippen molar-refractivity contribution < 1.29 is 9.90 Å². The maximum atomic E-state index is 12.4. The van der Waals surface area contributed by atoms with Crippen molar-refractivity contribution in [1.82, 2.24) is 14.9 Å². The summed E-state index contributed by atoms with van der Waals surface area (Å²) in [5.41, 5.74) is 1.44. The molecular weight excluding hydrogens is 280 g/mol. The second-order valence-corrected chi connectivity index (χ2v) is 6.65. The molecule has 22 heavy (non-hydrogen) atoms. The Morgan fingerprint density at radius 3 is 2.68 bits per heavy atom. The van der Waals surface area contributed by atoms with Crippen molar-refractivity contribution in [1.29, 1.82) is 0 Å². The standard InChI is InChI=1S/C16H24N4O2/c1-19(2)15-12-4-8-20(9-5-13(12)17-11-18-15)14(21)10-16(22)6-3-7-16/h11,22H,3-10H2,1-2H3. The van der Waals surface area contributed by atoms with E-state index in [1.165, 1.54) is 0 Å². The van der Waals surface area contributed by atoms with Gasteiger partial charge in [0.05, 0.1) is 17.7 Å². The Hall–Kier alpha value is -1.69. The molecule has 120 valence electrons. The molecule has 1 N–H and O–H groups in total.